The molecule has 0 bridgehead atoms. The van der Waals surface area contributed by atoms with E-state index in [2.05, 4.69) is 5.32 Å². The third-order valence-corrected chi connectivity index (χ3v) is 9.62. The first-order valence-corrected chi connectivity index (χ1v) is 16.6. The molecular formula is C40H41N3O7. The monoisotopic (exact) mass is 675 g/mol. The molecule has 2 aliphatic rings. The second kappa shape index (κ2) is 14.6. The third kappa shape index (κ3) is 6.72. The summed E-state index contributed by atoms with van der Waals surface area (Å²) >= 11 is 0. The van der Waals surface area contributed by atoms with Crippen LogP contribution in [0.1, 0.15) is 46.0 Å². The normalized spacial score (nSPS) is 18.8. The zero-order valence-electron chi connectivity index (χ0n) is 28.3. The van der Waals surface area contributed by atoms with Crippen molar-refractivity contribution < 1.29 is 34.1 Å². The van der Waals surface area contributed by atoms with E-state index in [1.807, 2.05) is 30.3 Å². The number of rotatable bonds is 11. The van der Waals surface area contributed by atoms with E-state index in [0.29, 0.717) is 47.0 Å². The van der Waals surface area contributed by atoms with Crippen LogP contribution < -0.4 is 19.7 Å². The van der Waals surface area contributed by atoms with Gasteiger partial charge < -0.3 is 34.8 Å². The lowest BCUT2D eigenvalue weighted by Crippen LogP contribution is -2.46. The standard InChI is InChI=1S/C40H41N3O7/c1-26(8-6-13-37(45)42-24-30-11-5-4-10-29(30)21-32(42)25-44)40(48)35-22-34(50-3)18-19-36(35)43(39(40)47)23-27-9-7-12-31(20-27)41-38(46)28-14-16-33(49-2)17-15-28/h4-12,14-20,22,26,32,44,48H,13,21,23-25H2,1-3H3,(H,41,46)/b8-6+/t26-,32-,40+/m0/s1. The molecule has 50 heavy (non-hydrogen) atoms. The van der Waals surface area contributed by atoms with Crippen molar-refractivity contribution in [3.8, 4) is 11.5 Å². The summed E-state index contributed by atoms with van der Waals surface area (Å²) in [7, 11) is 3.08. The van der Waals surface area contributed by atoms with Crippen molar-refractivity contribution in [2.24, 2.45) is 5.92 Å². The molecule has 2 aliphatic heterocycles. The highest BCUT2D eigenvalue weighted by Gasteiger charge is 2.52. The van der Waals surface area contributed by atoms with Crippen molar-refractivity contribution in [2.45, 2.75) is 44.5 Å². The van der Waals surface area contributed by atoms with E-state index < -0.39 is 17.4 Å². The van der Waals surface area contributed by atoms with Gasteiger partial charge in [-0.05, 0) is 77.7 Å². The van der Waals surface area contributed by atoms with Crippen LogP contribution >= 0.6 is 0 Å². The smallest absolute Gasteiger partial charge is 0.264 e. The molecule has 0 fully saturated rings. The van der Waals surface area contributed by atoms with Gasteiger partial charge in [0.05, 0.1) is 39.1 Å². The molecule has 2 heterocycles. The molecule has 6 rings (SSSR count). The summed E-state index contributed by atoms with van der Waals surface area (Å²) in [6.07, 6.45) is 4.02. The predicted octanol–water partition coefficient (Wildman–Crippen LogP) is 5.22. The number of nitrogens with zero attached hydrogens (tertiary/aromatic N) is 2. The molecule has 10 nitrogen and oxygen atoms in total. The minimum Gasteiger partial charge on any atom is -0.497 e. The SMILES string of the molecule is COc1ccc(C(=O)Nc2cccc(CN3C(=O)[C@@](O)([C@@H](C)/C=C/CC(=O)N4Cc5ccccc5C[C@H]4CO)c4cc(OC)ccc43)c2)cc1. The highest BCUT2D eigenvalue weighted by atomic mass is 16.5. The topological polar surface area (TPSA) is 129 Å². The summed E-state index contributed by atoms with van der Waals surface area (Å²) in [5.41, 5.74) is 2.98. The molecule has 4 aromatic rings. The molecule has 10 heteroatoms. The van der Waals surface area contributed by atoms with Crippen molar-refractivity contribution in [2.75, 3.05) is 31.0 Å². The molecular weight excluding hydrogens is 634 g/mol. The Morgan fingerprint density at radius 1 is 0.960 bits per heavy atom. The van der Waals surface area contributed by atoms with E-state index in [4.69, 9.17) is 9.47 Å². The number of hydrogen-bond acceptors (Lipinski definition) is 7. The fraction of sp³-hybridized carbons (Fsp3) is 0.275. The largest absolute Gasteiger partial charge is 0.497 e. The highest BCUT2D eigenvalue weighted by molar-refractivity contribution is 6.07. The van der Waals surface area contributed by atoms with Crippen LogP contribution in [0, 0.1) is 5.92 Å². The van der Waals surface area contributed by atoms with Gasteiger partial charge in [-0.2, -0.15) is 0 Å². The van der Waals surface area contributed by atoms with E-state index in [-0.39, 0.29) is 37.4 Å². The van der Waals surface area contributed by atoms with Crippen LogP contribution in [0.25, 0.3) is 0 Å². The second-order valence-corrected chi connectivity index (χ2v) is 12.7. The zero-order chi connectivity index (χ0) is 35.4. The minimum atomic E-state index is -1.93. The number of amides is 3. The van der Waals surface area contributed by atoms with E-state index in [1.165, 1.54) is 12.0 Å². The Kier molecular flexibility index (Phi) is 10.0. The van der Waals surface area contributed by atoms with E-state index in [9.17, 15) is 24.6 Å². The number of nitrogens with one attached hydrogen (secondary N) is 1. The number of methoxy groups -OCH3 is 2. The maximum Gasteiger partial charge on any atom is 0.264 e. The first-order chi connectivity index (χ1) is 24.2. The zero-order valence-corrected chi connectivity index (χ0v) is 28.3. The average Bonchev–Trinajstić information content (AvgIpc) is 3.36. The molecule has 258 valence electrons. The van der Waals surface area contributed by atoms with Gasteiger partial charge in [-0.1, -0.05) is 55.5 Å². The molecule has 0 saturated heterocycles. The number of anilines is 2. The highest BCUT2D eigenvalue weighted by Crippen LogP contribution is 2.47. The second-order valence-electron chi connectivity index (χ2n) is 12.7. The maximum absolute atomic E-state index is 14.2. The fourth-order valence-electron chi connectivity index (χ4n) is 6.76. The Morgan fingerprint density at radius 3 is 2.40 bits per heavy atom. The average molecular weight is 676 g/mol. The number of benzene rings is 4. The first-order valence-electron chi connectivity index (χ1n) is 16.6. The molecule has 0 radical (unpaired) electrons. The van der Waals surface area contributed by atoms with Crippen LogP contribution in [0.15, 0.2) is 103 Å². The first kappa shape index (κ1) is 34.4. The molecule has 4 aromatic carbocycles. The van der Waals surface area contributed by atoms with E-state index in [1.54, 1.807) is 91.7 Å². The van der Waals surface area contributed by atoms with Crippen molar-refractivity contribution in [3.05, 3.63) is 131 Å². The lowest BCUT2D eigenvalue weighted by atomic mass is 9.82. The van der Waals surface area contributed by atoms with Crippen molar-refractivity contribution in [3.63, 3.8) is 0 Å². The van der Waals surface area contributed by atoms with Crippen molar-refractivity contribution in [1.29, 1.82) is 0 Å². The number of ether oxygens (including phenoxy) is 2. The molecule has 3 atom stereocenters. The molecule has 0 aliphatic carbocycles. The van der Waals surface area contributed by atoms with Gasteiger partial charge in [0.15, 0.2) is 5.60 Å². The maximum atomic E-state index is 14.2. The molecule has 3 N–H and O–H groups in total. The summed E-state index contributed by atoms with van der Waals surface area (Å²) in [5, 5.41) is 25.1. The quantitative estimate of drug-likeness (QED) is 0.186. The molecule has 0 spiro atoms. The molecule has 0 saturated carbocycles. The number of aliphatic hydroxyl groups excluding tert-OH is 1. The Bertz CT molecular complexity index is 1920. The summed E-state index contributed by atoms with van der Waals surface area (Å²) in [6.45, 7) is 2.16. The summed E-state index contributed by atoms with van der Waals surface area (Å²) < 4.78 is 10.6. The van der Waals surface area contributed by atoms with Gasteiger partial charge in [0, 0.05) is 35.7 Å². The Morgan fingerprint density at radius 2 is 1.68 bits per heavy atom. The van der Waals surface area contributed by atoms with E-state index >= 15 is 0 Å². The Balaban J connectivity index is 1.19. The number of carbonyl (C=O) groups excluding carboxylic acids is 3. The molecule has 0 aromatic heterocycles. The van der Waals surface area contributed by atoms with Crippen LogP contribution in [-0.2, 0) is 34.7 Å². The van der Waals surface area contributed by atoms with Gasteiger partial charge in [-0.15, -0.1) is 0 Å². The van der Waals surface area contributed by atoms with Gasteiger partial charge in [-0.25, -0.2) is 0 Å². The van der Waals surface area contributed by atoms with Crippen LogP contribution in [0.3, 0.4) is 0 Å². The number of aliphatic hydroxyl groups is 2. The van der Waals surface area contributed by atoms with Crippen molar-refractivity contribution >= 4 is 29.1 Å². The van der Waals surface area contributed by atoms with Gasteiger partial charge >= 0.3 is 0 Å². The molecule has 3 amide bonds. The summed E-state index contributed by atoms with van der Waals surface area (Å²) in [5.74, 6) is -0.504. The fourth-order valence-corrected chi connectivity index (χ4v) is 6.76. The van der Waals surface area contributed by atoms with Crippen LogP contribution in [0.5, 0.6) is 11.5 Å². The number of hydrogen-bond donors (Lipinski definition) is 3. The Labute approximate surface area is 291 Å². The predicted molar refractivity (Wildman–Crippen MR) is 190 cm³/mol. The van der Waals surface area contributed by atoms with E-state index in [0.717, 1.165) is 16.7 Å². The Hall–Kier alpha value is -5.45. The van der Waals surface area contributed by atoms with Crippen molar-refractivity contribution in [1.82, 2.24) is 4.90 Å². The number of carbonyl (C=O) groups is 3. The van der Waals surface area contributed by atoms with Crippen LogP contribution in [0.4, 0.5) is 11.4 Å². The van der Waals surface area contributed by atoms with Gasteiger partial charge in [0.2, 0.25) is 5.91 Å². The molecule has 0 unspecified atom stereocenters. The van der Waals surface area contributed by atoms with Crippen LogP contribution in [-0.4, -0.2) is 59.7 Å². The van der Waals surface area contributed by atoms with Gasteiger partial charge in [0.25, 0.3) is 11.8 Å². The minimum absolute atomic E-state index is 0.0526. The lowest BCUT2D eigenvalue weighted by Gasteiger charge is -2.36. The lowest BCUT2D eigenvalue weighted by molar-refractivity contribution is -0.139. The van der Waals surface area contributed by atoms with Gasteiger partial charge in [-0.3, -0.25) is 14.4 Å². The summed E-state index contributed by atoms with van der Waals surface area (Å²) in [6, 6.07) is 26.8. The number of fused-ring (bicyclic) bond motifs is 2. The van der Waals surface area contributed by atoms with Gasteiger partial charge in [0.1, 0.15) is 11.5 Å². The third-order valence-electron chi connectivity index (χ3n) is 9.62. The summed E-state index contributed by atoms with van der Waals surface area (Å²) in [4.78, 5) is 43.7. The van der Waals surface area contributed by atoms with Crippen LogP contribution in [0.2, 0.25) is 0 Å².